The van der Waals surface area contributed by atoms with Crippen molar-refractivity contribution in [3.8, 4) is 11.5 Å². The van der Waals surface area contributed by atoms with Gasteiger partial charge >= 0.3 is 0 Å². The number of halogens is 2. The van der Waals surface area contributed by atoms with E-state index in [9.17, 15) is 14.0 Å². The number of benzene rings is 3. The molecule has 0 saturated heterocycles. The van der Waals surface area contributed by atoms with Crippen LogP contribution in [0.3, 0.4) is 0 Å². The highest BCUT2D eigenvalue weighted by molar-refractivity contribution is 6.10. The number of nitrogens with one attached hydrogen (secondary N) is 1. The molecule has 0 unspecified atom stereocenters. The topological polar surface area (TPSA) is 67.9 Å². The molecule has 0 aromatic heterocycles. The van der Waals surface area contributed by atoms with E-state index >= 15 is 4.39 Å². The fraction of sp³-hybridized carbons (Fsp3) is 0.286. The molecule has 2 amide bonds. The molecule has 0 spiro atoms. The largest absolute Gasteiger partial charge is 0.486 e. The van der Waals surface area contributed by atoms with Gasteiger partial charge in [0.25, 0.3) is 5.91 Å². The number of anilines is 1. The third-order valence-electron chi connectivity index (χ3n) is 6.51. The van der Waals surface area contributed by atoms with E-state index < -0.39 is 29.5 Å². The second-order valence-electron chi connectivity index (χ2n) is 8.93. The number of carbonyl (C=O) groups excluding carboxylic acids is 2. The quantitative estimate of drug-likeness (QED) is 0.515. The van der Waals surface area contributed by atoms with Crippen LogP contribution >= 0.6 is 0 Å². The third-order valence-corrected chi connectivity index (χ3v) is 6.51. The van der Waals surface area contributed by atoms with Crippen LogP contribution in [0.2, 0.25) is 0 Å². The SMILES string of the molecule is O=C(NC1CCCC1)[C@H](c1ccc(F)cc1)N(C(=O)c1ccc2c(c1)OCCO2)c1ccccc1F. The Hall–Kier alpha value is -3.94. The van der Waals surface area contributed by atoms with Crippen molar-refractivity contribution in [2.45, 2.75) is 37.8 Å². The van der Waals surface area contributed by atoms with E-state index in [4.69, 9.17) is 9.47 Å². The zero-order chi connectivity index (χ0) is 25.1. The molecular formula is C28H26F2N2O4. The highest BCUT2D eigenvalue weighted by Gasteiger charge is 2.36. The van der Waals surface area contributed by atoms with Crippen molar-refractivity contribution in [1.82, 2.24) is 5.32 Å². The molecule has 1 fully saturated rings. The zero-order valence-electron chi connectivity index (χ0n) is 19.6. The number of ether oxygens (including phenoxy) is 2. The molecule has 1 atom stereocenters. The summed E-state index contributed by atoms with van der Waals surface area (Å²) in [7, 11) is 0. The number of carbonyl (C=O) groups is 2. The summed E-state index contributed by atoms with van der Waals surface area (Å²) in [6.07, 6.45) is 3.66. The molecule has 0 bridgehead atoms. The summed E-state index contributed by atoms with van der Waals surface area (Å²) in [4.78, 5) is 28.9. The normalized spacial score (nSPS) is 15.8. The van der Waals surface area contributed by atoms with E-state index in [1.807, 2.05) is 0 Å². The van der Waals surface area contributed by atoms with Gasteiger partial charge in [-0.15, -0.1) is 0 Å². The minimum absolute atomic E-state index is 0.0349. The number of nitrogens with zero attached hydrogens (tertiary/aromatic N) is 1. The molecule has 8 heteroatoms. The Morgan fingerprint density at radius 2 is 1.58 bits per heavy atom. The average Bonchev–Trinajstić information content (AvgIpc) is 3.41. The molecule has 0 radical (unpaired) electrons. The Morgan fingerprint density at radius 3 is 2.31 bits per heavy atom. The predicted octanol–water partition coefficient (Wildman–Crippen LogP) is 5.18. The van der Waals surface area contributed by atoms with Gasteiger partial charge in [0.2, 0.25) is 5.91 Å². The van der Waals surface area contributed by atoms with E-state index in [1.165, 1.54) is 48.5 Å². The molecule has 1 heterocycles. The molecule has 5 rings (SSSR count). The Bertz CT molecular complexity index is 1260. The van der Waals surface area contributed by atoms with Crippen molar-refractivity contribution in [2.75, 3.05) is 18.1 Å². The van der Waals surface area contributed by atoms with Crippen molar-refractivity contribution in [1.29, 1.82) is 0 Å². The molecule has 186 valence electrons. The maximum absolute atomic E-state index is 15.2. The first-order valence-corrected chi connectivity index (χ1v) is 12.0. The summed E-state index contributed by atoms with van der Waals surface area (Å²) >= 11 is 0. The highest BCUT2D eigenvalue weighted by atomic mass is 19.1. The summed E-state index contributed by atoms with van der Waals surface area (Å²) in [5.41, 5.74) is 0.498. The Kier molecular flexibility index (Phi) is 6.84. The smallest absolute Gasteiger partial charge is 0.259 e. The van der Waals surface area contributed by atoms with E-state index in [-0.39, 0.29) is 17.3 Å². The van der Waals surface area contributed by atoms with Crippen LogP contribution in [0.25, 0.3) is 0 Å². The number of amides is 2. The lowest BCUT2D eigenvalue weighted by Crippen LogP contribution is -2.46. The predicted molar refractivity (Wildman–Crippen MR) is 130 cm³/mol. The van der Waals surface area contributed by atoms with E-state index in [1.54, 1.807) is 18.2 Å². The first-order chi connectivity index (χ1) is 17.5. The van der Waals surface area contributed by atoms with Crippen LogP contribution in [0.15, 0.2) is 66.7 Å². The van der Waals surface area contributed by atoms with Crippen molar-refractivity contribution >= 4 is 17.5 Å². The Balaban J connectivity index is 1.61. The van der Waals surface area contributed by atoms with Crippen LogP contribution in [0, 0.1) is 11.6 Å². The van der Waals surface area contributed by atoms with Gasteiger partial charge in [0.05, 0.1) is 5.69 Å². The van der Waals surface area contributed by atoms with Crippen LogP contribution < -0.4 is 19.7 Å². The summed E-state index contributed by atoms with van der Waals surface area (Å²) in [6, 6.07) is 14.6. The molecule has 1 aliphatic heterocycles. The van der Waals surface area contributed by atoms with E-state index in [2.05, 4.69) is 5.32 Å². The minimum Gasteiger partial charge on any atom is -0.486 e. The first kappa shape index (κ1) is 23.8. The van der Waals surface area contributed by atoms with Crippen LogP contribution in [0.1, 0.15) is 47.6 Å². The molecular weight excluding hydrogens is 466 g/mol. The monoisotopic (exact) mass is 492 g/mol. The summed E-state index contributed by atoms with van der Waals surface area (Å²) in [5.74, 6) is -1.30. The van der Waals surface area contributed by atoms with Crippen LogP contribution in [-0.4, -0.2) is 31.1 Å². The van der Waals surface area contributed by atoms with Gasteiger partial charge in [0.15, 0.2) is 11.5 Å². The van der Waals surface area contributed by atoms with Gasteiger partial charge in [0.1, 0.15) is 30.9 Å². The van der Waals surface area contributed by atoms with Crippen molar-refractivity contribution in [2.24, 2.45) is 0 Å². The standard InChI is InChI=1S/C28H26F2N2O4/c29-20-12-9-18(10-13-20)26(27(33)31-21-5-1-2-6-21)32(23-8-4-3-7-22(23)30)28(34)19-11-14-24-25(17-19)36-16-15-35-24/h3-4,7-14,17,21,26H,1-2,5-6,15-16H2,(H,31,33)/t26-/m0/s1. The fourth-order valence-electron chi connectivity index (χ4n) is 4.74. The molecule has 6 nitrogen and oxygen atoms in total. The molecule has 3 aromatic carbocycles. The Morgan fingerprint density at radius 1 is 0.889 bits per heavy atom. The van der Waals surface area contributed by atoms with Crippen LogP contribution in [-0.2, 0) is 4.79 Å². The van der Waals surface area contributed by atoms with Crippen molar-refractivity contribution in [3.05, 3.63) is 89.5 Å². The summed E-state index contributed by atoms with van der Waals surface area (Å²) < 4.78 is 40.1. The molecule has 1 aliphatic carbocycles. The first-order valence-electron chi connectivity index (χ1n) is 12.0. The summed E-state index contributed by atoms with van der Waals surface area (Å²) in [6.45, 7) is 0.735. The van der Waals surface area contributed by atoms with Gasteiger partial charge < -0.3 is 14.8 Å². The molecule has 1 N–H and O–H groups in total. The Labute approximate surface area is 207 Å². The van der Waals surface area contributed by atoms with Crippen LogP contribution in [0.4, 0.5) is 14.5 Å². The summed E-state index contributed by atoms with van der Waals surface area (Å²) in [5, 5.41) is 3.02. The lowest BCUT2D eigenvalue weighted by molar-refractivity contribution is -0.123. The lowest BCUT2D eigenvalue weighted by Gasteiger charge is -2.33. The van der Waals surface area contributed by atoms with Gasteiger partial charge in [-0.25, -0.2) is 8.78 Å². The van der Waals surface area contributed by atoms with E-state index in [0.717, 1.165) is 30.6 Å². The second-order valence-corrected chi connectivity index (χ2v) is 8.93. The maximum atomic E-state index is 15.2. The van der Waals surface area contributed by atoms with Crippen molar-refractivity contribution < 1.29 is 27.8 Å². The zero-order valence-corrected chi connectivity index (χ0v) is 19.6. The third kappa shape index (κ3) is 4.89. The van der Waals surface area contributed by atoms with Gasteiger partial charge in [-0.2, -0.15) is 0 Å². The van der Waals surface area contributed by atoms with Gasteiger partial charge in [-0.3, -0.25) is 14.5 Å². The number of rotatable bonds is 6. The fourth-order valence-corrected chi connectivity index (χ4v) is 4.74. The number of fused-ring (bicyclic) bond motifs is 1. The maximum Gasteiger partial charge on any atom is 0.259 e. The lowest BCUT2D eigenvalue weighted by atomic mass is 10.0. The van der Waals surface area contributed by atoms with E-state index in [0.29, 0.717) is 30.3 Å². The highest BCUT2D eigenvalue weighted by Crippen LogP contribution is 2.35. The molecule has 1 saturated carbocycles. The van der Waals surface area contributed by atoms with Gasteiger partial charge in [-0.1, -0.05) is 37.1 Å². The number of hydrogen-bond donors (Lipinski definition) is 1. The van der Waals surface area contributed by atoms with Gasteiger partial charge in [0, 0.05) is 11.6 Å². The van der Waals surface area contributed by atoms with Gasteiger partial charge in [-0.05, 0) is 60.9 Å². The number of hydrogen-bond acceptors (Lipinski definition) is 4. The second kappa shape index (κ2) is 10.4. The van der Waals surface area contributed by atoms with Crippen LogP contribution in [0.5, 0.6) is 11.5 Å². The molecule has 3 aromatic rings. The minimum atomic E-state index is -1.23. The average molecular weight is 493 g/mol. The number of para-hydroxylation sites is 1. The molecule has 36 heavy (non-hydrogen) atoms. The molecule has 2 aliphatic rings. The van der Waals surface area contributed by atoms with Crippen molar-refractivity contribution in [3.63, 3.8) is 0 Å².